The van der Waals surface area contributed by atoms with Crippen molar-refractivity contribution in [1.29, 1.82) is 0 Å². The average molecular weight is 491 g/mol. The first-order valence-electron chi connectivity index (χ1n) is 11.4. The van der Waals surface area contributed by atoms with Crippen LogP contribution in [0.3, 0.4) is 0 Å². The van der Waals surface area contributed by atoms with E-state index in [1.807, 2.05) is 12.2 Å². The summed E-state index contributed by atoms with van der Waals surface area (Å²) < 4.78 is 6.36. The molecule has 0 spiro atoms. The third kappa shape index (κ3) is 5.65. The number of fused-ring (bicyclic) bond motifs is 1. The first-order chi connectivity index (χ1) is 16.3. The van der Waals surface area contributed by atoms with Gasteiger partial charge in [-0.1, -0.05) is 35.9 Å². The molecule has 34 heavy (non-hydrogen) atoms. The molecule has 9 nitrogen and oxygen atoms in total. The van der Waals surface area contributed by atoms with Crippen LogP contribution < -0.4 is 4.90 Å². The summed E-state index contributed by atoms with van der Waals surface area (Å²) in [5.41, 5.74) is 0.112. The first kappa shape index (κ1) is 25.9. The minimum atomic E-state index is -1.74. The van der Waals surface area contributed by atoms with Gasteiger partial charge in [0.15, 0.2) is 5.60 Å². The molecule has 0 unspecified atom stereocenters. The zero-order valence-electron chi connectivity index (χ0n) is 19.5. The summed E-state index contributed by atoms with van der Waals surface area (Å²) in [4.78, 5) is 26.3. The van der Waals surface area contributed by atoms with E-state index in [2.05, 4.69) is 15.0 Å². The maximum absolute atomic E-state index is 13.4. The highest BCUT2D eigenvalue weighted by molar-refractivity contribution is 6.31. The van der Waals surface area contributed by atoms with Crippen LogP contribution in [0.4, 0.5) is 5.69 Å². The van der Waals surface area contributed by atoms with Crippen molar-refractivity contribution in [2.75, 3.05) is 25.2 Å². The van der Waals surface area contributed by atoms with Gasteiger partial charge in [-0.25, -0.2) is 0 Å². The maximum atomic E-state index is 13.4. The Bertz CT molecular complexity index is 1040. The Morgan fingerprint density at radius 2 is 2.12 bits per heavy atom. The zero-order valence-corrected chi connectivity index (χ0v) is 20.2. The van der Waals surface area contributed by atoms with E-state index in [1.165, 1.54) is 7.11 Å². The van der Waals surface area contributed by atoms with Gasteiger partial charge in [-0.05, 0) is 37.5 Å². The van der Waals surface area contributed by atoms with Crippen LogP contribution in [-0.4, -0.2) is 57.3 Å². The molecule has 0 fully saturated rings. The largest absolute Gasteiger partial charge is 0.469 e. The summed E-state index contributed by atoms with van der Waals surface area (Å²) in [6.07, 6.45) is 8.08. The number of aromatic nitrogens is 3. The van der Waals surface area contributed by atoms with Crippen LogP contribution in [0.15, 0.2) is 36.5 Å². The van der Waals surface area contributed by atoms with Gasteiger partial charge >= 0.3 is 5.97 Å². The Morgan fingerprint density at radius 1 is 1.32 bits per heavy atom. The topological polar surface area (TPSA) is 118 Å². The second-order valence-electron chi connectivity index (χ2n) is 8.37. The molecule has 0 bridgehead atoms. The fraction of sp³-hybridized carbons (Fsp3) is 0.500. The van der Waals surface area contributed by atoms with E-state index < -0.39 is 17.4 Å². The number of carbonyl (C=O) groups is 2. The number of aliphatic hydroxyl groups is 2. The number of allylic oxidation sites excluding steroid dienone is 1. The summed E-state index contributed by atoms with van der Waals surface area (Å²) in [6.45, 7) is 2.79. The monoisotopic (exact) mass is 490 g/mol. The zero-order chi connectivity index (χ0) is 24.7. The highest BCUT2D eigenvalue weighted by atomic mass is 35.5. The average Bonchev–Trinajstić information content (AvgIpc) is 3.36. The number of esters is 1. The van der Waals surface area contributed by atoms with Crippen molar-refractivity contribution in [2.45, 2.75) is 51.2 Å². The number of carbonyl (C=O) groups excluding carboxylic acids is 2. The number of benzene rings is 1. The first-order valence-corrected chi connectivity index (χ1v) is 11.8. The molecule has 2 N–H and O–H groups in total. The molecule has 10 heteroatoms. The van der Waals surface area contributed by atoms with Crippen molar-refractivity contribution >= 4 is 29.2 Å². The molecule has 2 heterocycles. The van der Waals surface area contributed by atoms with Crippen LogP contribution in [0.2, 0.25) is 5.02 Å². The smallest absolute Gasteiger partial charge is 0.305 e. The van der Waals surface area contributed by atoms with E-state index in [-0.39, 0.29) is 19.0 Å². The number of nitrogens with zero attached hydrogens (tertiary/aromatic N) is 4. The third-order valence-corrected chi connectivity index (χ3v) is 6.27. The van der Waals surface area contributed by atoms with Crippen LogP contribution in [0.5, 0.6) is 0 Å². The summed E-state index contributed by atoms with van der Waals surface area (Å²) >= 11 is 6.21. The van der Waals surface area contributed by atoms with E-state index in [4.69, 9.17) is 16.7 Å². The predicted molar refractivity (Wildman–Crippen MR) is 127 cm³/mol. The van der Waals surface area contributed by atoms with Gasteiger partial charge in [-0.3, -0.25) is 14.3 Å². The minimum Gasteiger partial charge on any atom is -0.469 e. The summed E-state index contributed by atoms with van der Waals surface area (Å²) in [5.74, 6) is -1.19. The van der Waals surface area contributed by atoms with Gasteiger partial charge in [0.1, 0.15) is 0 Å². The molecule has 0 aliphatic carbocycles. The summed E-state index contributed by atoms with van der Waals surface area (Å²) in [7, 11) is 1.35. The van der Waals surface area contributed by atoms with Gasteiger partial charge in [0, 0.05) is 55.2 Å². The van der Waals surface area contributed by atoms with Crippen LogP contribution >= 0.6 is 11.6 Å². The molecular formula is C24H31ClN4O5. The Balaban J connectivity index is 1.68. The lowest BCUT2D eigenvalue weighted by Gasteiger charge is -2.27. The Kier molecular flexibility index (Phi) is 8.82. The third-order valence-electron chi connectivity index (χ3n) is 6.03. The Morgan fingerprint density at radius 3 is 2.85 bits per heavy atom. The lowest BCUT2D eigenvalue weighted by Crippen LogP contribution is -2.44. The van der Waals surface area contributed by atoms with Crippen LogP contribution in [0.1, 0.15) is 43.9 Å². The molecule has 1 aliphatic rings. The fourth-order valence-corrected chi connectivity index (χ4v) is 4.28. The number of anilines is 1. The van der Waals surface area contributed by atoms with E-state index in [0.29, 0.717) is 55.0 Å². The van der Waals surface area contributed by atoms with Gasteiger partial charge in [0.25, 0.3) is 5.91 Å². The second kappa shape index (κ2) is 11.6. The van der Waals surface area contributed by atoms with Gasteiger partial charge in [-0.15, -0.1) is 5.10 Å². The number of hydrogen-bond donors (Lipinski definition) is 2. The maximum Gasteiger partial charge on any atom is 0.305 e. The molecule has 2 aromatic rings. The van der Waals surface area contributed by atoms with Gasteiger partial charge in [0.2, 0.25) is 0 Å². The highest BCUT2D eigenvalue weighted by Gasteiger charge is 2.52. The van der Waals surface area contributed by atoms with Crippen molar-refractivity contribution in [3.05, 3.63) is 52.8 Å². The molecule has 184 valence electrons. The lowest BCUT2D eigenvalue weighted by atomic mass is 9.83. The van der Waals surface area contributed by atoms with Crippen molar-refractivity contribution in [2.24, 2.45) is 5.92 Å². The Hall–Kier alpha value is -2.75. The number of unbranched alkanes of at least 4 members (excludes halogenated alkanes) is 1. The molecule has 1 aromatic heterocycles. The molecule has 2 atom stereocenters. The van der Waals surface area contributed by atoms with E-state index in [1.54, 1.807) is 40.9 Å². The van der Waals surface area contributed by atoms with Crippen molar-refractivity contribution in [3.8, 4) is 0 Å². The van der Waals surface area contributed by atoms with Crippen LogP contribution in [-0.2, 0) is 32.9 Å². The molecule has 1 aliphatic heterocycles. The lowest BCUT2D eigenvalue weighted by molar-refractivity contribution is -0.140. The SMILES string of the molecule is COC(=O)CCCCN1C(=O)[C@@](O)([C@@H](C)/C=C/CCn2cc(CCO)nn2)c2cc(Cl)ccc21. The highest BCUT2D eigenvalue weighted by Crippen LogP contribution is 2.46. The van der Waals surface area contributed by atoms with Crippen LogP contribution in [0, 0.1) is 5.92 Å². The normalized spacial score (nSPS) is 18.5. The number of rotatable bonds is 12. The predicted octanol–water partition coefficient (Wildman–Crippen LogP) is 2.63. The van der Waals surface area contributed by atoms with Gasteiger partial charge in [0.05, 0.1) is 18.5 Å². The summed E-state index contributed by atoms with van der Waals surface area (Å²) in [6, 6.07) is 5.09. The standard InChI is InChI=1S/C24H31ClN4O5/c1-17(7-3-5-12-28-16-19(11-14-30)26-27-28)24(33)20-15-18(25)9-10-21(20)29(23(24)32)13-6-4-8-22(31)34-2/h3,7,9-10,15-17,30,33H,4-6,8,11-14H2,1-2H3/b7-3+/t17-,24+/m0/s1. The number of hydrogen-bond acceptors (Lipinski definition) is 7. The number of ether oxygens (including phenoxy) is 1. The molecular weight excluding hydrogens is 460 g/mol. The molecule has 0 saturated carbocycles. The van der Waals surface area contributed by atoms with Crippen molar-refractivity contribution in [1.82, 2.24) is 15.0 Å². The van der Waals surface area contributed by atoms with Gasteiger partial charge in [-0.2, -0.15) is 0 Å². The number of aryl methyl sites for hydroxylation is 1. The van der Waals surface area contributed by atoms with E-state index in [0.717, 1.165) is 5.69 Å². The van der Waals surface area contributed by atoms with Crippen molar-refractivity contribution < 1.29 is 24.5 Å². The van der Waals surface area contributed by atoms with Gasteiger partial charge < -0.3 is 19.8 Å². The number of halogens is 1. The van der Waals surface area contributed by atoms with Crippen LogP contribution in [0.25, 0.3) is 0 Å². The Labute approximate surface area is 204 Å². The number of amides is 1. The van der Waals surface area contributed by atoms with E-state index >= 15 is 0 Å². The number of aliphatic hydroxyl groups excluding tert-OH is 1. The van der Waals surface area contributed by atoms with E-state index in [9.17, 15) is 14.7 Å². The fourth-order valence-electron chi connectivity index (χ4n) is 4.11. The summed E-state index contributed by atoms with van der Waals surface area (Å²) in [5, 5.41) is 29.1. The van der Waals surface area contributed by atoms with Crippen molar-refractivity contribution in [3.63, 3.8) is 0 Å². The molecule has 1 amide bonds. The molecule has 0 radical (unpaired) electrons. The second-order valence-corrected chi connectivity index (χ2v) is 8.81. The molecule has 1 aromatic carbocycles. The quantitative estimate of drug-likeness (QED) is 0.267. The minimum absolute atomic E-state index is 0.0243. The number of methoxy groups -OCH3 is 1. The molecule has 3 rings (SSSR count). The molecule has 0 saturated heterocycles.